The molecule has 7 nitrogen and oxygen atoms in total. The van der Waals surface area contributed by atoms with Gasteiger partial charge in [-0.15, -0.1) is 0 Å². The third kappa shape index (κ3) is 5.15. The van der Waals surface area contributed by atoms with E-state index in [4.69, 9.17) is 4.74 Å². The maximum atomic E-state index is 12.6. The first-order chi connectivity index (χ1) is 12.3. The van der Waals surface area contributed by atoms with Crippen molar-refractivity contribution in [2.45, 2.75) is 44.1 Å². The summed E-state index contributed by atoms with van der Waals surface area (Å²) >= 11 is 0. The van der Waals surface area contributed by atoms with E-state index >= 15 is 0 Å². The van der Waals surface area contributed by atoms with Crippen LogP contribution in [0.4, 0.5) is 5.69 Å². The van der Waals surface area contributed by atoms with Crippen LogP contribution in [0.1, 0.15) is 33.1 Å². The first kappa shape index (κ1) is 20.1. The Morgan fingerprint density at radius 3 is 2.35 bits per heavy atom. The Kier molecular flexibility index (Phi) is 6.93. The minimum Gasteiger partial charge on any atom is -0.449 e. The van der Waals surface area contributed by atoms with Gasteiger partial charge in [0.2, 0.25) is 10.0 Å². The van der Waals surface area contributed by atoms with Crippen LogP contribution in [-0.2, 0) is 24.3 Å². The number of carbonyl (C=O) groups is 2. The number of rotatable bonds is 6. The molecule has 26 heavy (non-hydrogen) atoms. The molecule has 1 atom stereocenters. The van der Waals surface area contributed by atoms with E-state index in [1.807, 2.05) is 0 Å². The number of allylic oxidation sites excluding steroid dienone is 1. The van der Waals surface area contributed by atoms with Crippen molar-refractivity contribution < 1.29 is 22.7 Å². The molecule has 0 radical (unpaired) electrons. The second kappa shape index (κ2) is 8.95. The molecule has 0 aliphatic carbocycles. The molecule has 142 valence electrons. The summed E-state index contributed by atoms with van der Waals surface area (Å²) in [5, 5.41) is 2.60. The SMILES string of the molecule is CC=CC(=O)OC(C)C(=O)Nc1ccc(S(=O)(=O)N2CCCCC2)cc1. The largest absolute Gasteiger partial charge is 0.449 e. The highest BCUT2D eigenvalue weighted by atomic mass is 32.2. The Hall–Kier alpha value is -2.19. The number of carbonyl (C=O) groups excluding carboxylic acids is 2. The zero-order chi connectivity index (χ0) is 19.2. The van der Waals surface area contributed by atoms with Crippen LogP contribution in [0.2, 0.25) is 0 Å². The summed E-state index contributed by atoms with van der Waals surface area (Å²) in [4.78, 5) is 23.6. The maximum absolute atomic E-state index is 12.6. The van der Waals surface area contributed by atoms with Crippen molar-refractivity contribution in [3.05, 3.63) is 36.4 Å². The van der Waals surface area contributed by atoms with E-state index in [9.17, 15) is 18.0 Å². The molecule has 1 aliphatic heterocycles. The predicted octanol–water partition coefficient (Wildman–Crippen LogP) is 2.31. The molecular weight excluding hydrogens is 356 g/mol. The minimum atomic E-state index is -3.50. The van der Waals surface area contributed by atoms with Crippen LogP contribution in [0.5, 0.6) is 0 Å². The van der Waals surface area contributed by atoms with Gasteiger partial charge in [-0.3, -0.25) is 4.79 Å². The highest BCUT2D eigenvalue weighted by molar-refractivity contribution is 7.89. The summed E-state index contributed by atoms with van der Waals surface area (Å²) in [6.07, 6.45) is 4.58. The molecule has 1 unspecified atom stereocenters. The quantitative estimate of drug-likeness (QED) is 0.604. The molecule has 1 N–H and O–H groups in total. The molecule has 1 heterocycles. The second-order valence-corrected chi connectivity index (χ2v) is 8.00. The van der Waals surface area contributed by atoms with Gasteiger partial charge in [-0.05, 0) is 51.0 Å². The van der Waals surface area contributed by atoms with Gasteiger partial charge in [-0.1, -0.05) is 12.5 Å². The molecule has 1 fully saturated rings. The van der Waals surface area contributed by atoms with Gasteiger partial charge in [0.1, 0.15) is 0 Å². The van der Waals surface area contributed by atoms with Crippen LogP contribution in [0.25, 0.3) is 0 Å². The molecule has 1 aromatic rings. The van der Waals surface area contributed by atoms with Gasteiger partial charge in [0, 0.05) is 24.9 Å². The molecule has 0 bridgehead atoms. The molecule has 0 saturated carbocycles. The topological polar surface area (TPSA) is 92.8 Å². The summed E-state index contributed by atoms with van der Waals surface area (Å²) in [5.74, 6) is -1.09. The van der Waals surface area contributed by atoms with E-state index in [1.54, 1.807) is 6.92 Å². The van der Waals surface area contributed by atoms with Gasteiger partial charge < -0.3 is 10.1 Å². The van der Waals surface area contributed by atoms with E-state index in [-0.39, 0.29) is 4.90 Å². The fourth-order valence-electron chi connectivity index (χ4n) is 2.61. The summed E-state index contributed by atoms with van der Waals surface area (Å²) in [5.41, 5.74) is 0.432. The van der Waals surface area contributed by atoms with E-state index in [0.717, 1.165) is 19.3 Å². The lowest BCUT2D eigenvalue weighted by atomic mass is 10.2. The van der Waals surface area contributed by atoms with Crippen molar-refractivity contribution in [3.63, 3.8) is 0 Å². The van der Waals surface area contributed by atoms with E-state index in [2.05, 4.69) is 5.32 Å². The third-order valence-corrected chi connectivity index (χ3v) is 5.95. The maximum Gasteiger partial charge on any atom is 0.331 e. The smallest absolute Gasteiger partial charge is 0.331 e. The first-order valence-corrected chi connectivity index (χ1v) is 10.0. The normalized spacial score (nSPS) is 17.0. The minimum absolute atomic E-state index is 0.199. The molecule has 2 rings (SSSR count). The monoisotopic (exact) mass is 380 g/mol. The standard InChI is InChI=1S/C18H24N2O5S/c1-3-7-17(21)25-14(2)18(22)19-15-8-10-16(11-9-15)26(23,24)20-12-5-4-6-13-20/h3,7-11,14H,4-6,12-13H2,1-2H3,(H,19,22). The Morgan fingerprint density at radius 1 is 1.15 bits per heavy atom. The van der Waals surface area contributed by atoms with Crippen LogP contribution >= 0.6 is 0 Å². The second-order valence-electron chi connectivity index (χ2n) is 6.06. The van der Waals surface area contributed by atoms with Crippen molar-refractivity contribution >= 4 is 27.6 Å². The van der Waals surface area contributed by atoms with Crippen molar-refractivity contribution in [1.29, 1.82) is 0 Å². The lowest BCUT2D eigenvalue weighted by molar-refractivity contribution is -0.148. The van der Waals surface area contributed by atoms with Crippen molar-refractivity contribution in [1.82, 2.24) is 4.31 Å². The first-order valence-electron chi connectivity index (χ1n) is 8.59. The van der Waals surface area contributed by atoms with Crippen LogP contribution in [0.3, 0.4) is 0 Å². The van der Waals surface area contributed by atoms with Crippen LogP contribution in [0, 0.1) is 0 Å². The molecule has 8 heteroatoms. The number of nitrogens with zero attached hydrogens (tertiary/aromatic N) is 1. The molecule has 1 saturated heterocycles. The fraction of sp³-hybridized carbons (Fsp3) is 0.444. The van der Waals surface area contributed by atoms with Crippen LogP contribution in [-0.4, -0.2) is 43.8 Å². The van der Waals surface area contributed by atoms with E-state index in [0.29, 0.717) is 18.8 Å². The van der Waals surface area contributed by atoms with E-state index < -0.39 is 28.0 Å². The van der Waals surface area contributed by atoms with Gasteiger partial charge in [-0.25, -0.2) is 13.2 Å². The summed E-state index contributed by atoms with van der Waals surface area (Å²) in [7, 11) is -3.50. The Morgan fingerprint density at radius 2 is 1.77 bits per heavy atom. The number of amides is 1. The van der Waals surface area contributed by atoms with E-state index in [1.165, 1.54) is 47.6 Å². The van der Waals surface area contributed by atoms with Crippen molar-refractivity contribution in [3.8, 4) is 0 Å². The highest BCUT2D eigenvalue weighted by Gasteiger charge is 2.25. The predicted molar refractivity (Wildman–Crippen MR) is 98.0 cm³/mol. The average Bonchev–Trinajstić information content (AvgIpc) is 2.63. The number of hydrogen-bond donors (Lipinski definition) is 1. The summed E-state index contributed by atoms with van der Waals surface area (Å²) < 4.78 is 31.6. The Balaban J connectivity index is 2.00. The lowest BCUT2D eigenvalue weighted by Crippen LogP contribution is -2.35. The number of nitrogens with one attached hydrogen (secondary N) is 1. The number of benzene rings is 1. The van der Waals surface area contributed by atoms with Crippen LogP contribution < -0.4 is 5.32 Å². The van der Waals surface area contributed by atoms with Gasteiger partial charge in [0.15, 0.2) is 6.10 Å². The van der Waals surface area contributed by atoms with Gasteiger partial charge in [0.05, 0.1) is 4.90 Å². The Bertz CT molecular complexity index is 765. The zero-order valence-corrected chi connectivity index (χ0v) is 15.8. The highest BCUT2D eigenvalue weighted by Crippen LogP contribution is 2.22. The zero-order valence-electron chi connectivity index (χ0n) is 15.0. The van der Waals surface area contributed by atoms with Crippen LogP contribution in [0.15, 0.2) is 41.3 Å². The molecule has 1 aromatic carbocycles. The molecule has 1 amide bonds. The molecule has 0 aromatic heterocycles. The fourth-order valence-corrected chi connectivity index (χ4v) is 4.13. The third-order valence-electron chi connectivity index (χ3n) is 4.04. The van der Waals surface area contributed by atoms with Gasteiger partial charge >= 0.3 is 5.97 Å². The van der Waals surface area contributed by atoms with Crippen molar-refractivity contribution in [2.24, 2.45) is 0 Å². The summed E-state index contributed by atoms with van der Waals surface area (Å²) in [6, 6.07) is 5.98. The molecular formula is C18H24N2O5S. The van der Waals surface area contributed by atoms with Crippen molar-refractivity contribution in [2.75, 3.05) is 18.4 Å². The summed E-state index contributed by atoms with van der Waals surface area (Å²) in [6.45, 7) is 4.21. The number of piperidine rings is 1. The Labute approximate surface area is 154 Å². The molecule has 1 aliphatic rings. The van der Waals surface area contributed by atoms with Gasteiger partial charge in [0.25, 0.3) is 5.91 Å². The molecule has 0 spiro atoms. The number of anilines is 1. The number of hydrogen-bond acceptors (Lipinski definition) is 5. The number of ether oxygens (including phenoxy) is 1. The average molecular weight is 380 g/mol. The lowest BCUT2D eigenvalue weighted by Gasteiger charge is -2.25. The van der Waals surface area contributed by atoms with Gasteiger partial charge in [-0.2, -0.15) is 4.31 Å². The number of esters is 1. The number of sulfonamides is 1.